The number of unbranched alkanes of at least 4 members (excludes halogenated alkanes) is 1. The number of pyridine rings is 1. The summed E-state index contributed by atoms with van der Waals surface area (Å²) in [7, 11) is 0. The smallest absolute Gasteiger partial charge is 0.193 e. The first-order valence-corrected chi connectivity index (χ1v) is 10.6. The van der Waals surface area contributed by atoms with E-state index in [1.54, 1.807) is 0 Å². The Kier molecular flexibility index (Phi) is 12.1. The number of anilines is 1. The highest BCUT2D eigenvalue weighted by atomic mass is 127. The van der Waals surface area contributed by atoms with Crippen molar-refractivity contribution in [2.24, 2.45) is 10.9 Å². The van der Waals surface area contributed by atoms with E-state index in [9.17, 15) is 0 Å². The molecule has 1 aromatic heterocycles. The Hall–Kier alpha value is -0.700. The first-order chi connectivity index (χ1) is 12.2. The van der Waals surface area contributed by atoms with Gasteiger partial charge in [0.05, 0.1) is 0 Å². The summed E-state index contributed by atoms with van der Waals surface area (Å²) in [6.45, 7) is 11.7. The van der Waals surface area contributed by atoms with Crippen molar-refractivity contribution < 1.29 is 0 Å². The lowest BCUT2D eigenvalue weighted by molar-refractivity contribution is 0.380. The molecule has 1 aliphatic rings. The molecule has 1 saturated heterocycles. The molecule has 0 aliphatic carbocycles. The molecule has 26 heavy (non-hydrogen) atoms. The SMILES string of the molecule is CCNC(=NCCCCNc1ccccn1)N1CCSC(C(C)C)C1.I. The molecule has 0 aromatic carbocycles. The number of thioether (sulfide) groups is 1. The fourth-order valence-electron chi connectivity index (χ4n) is 2.80. The molecule has 0 amide bonds. The van der Waals surface area contributed by atoms with Crippen molar-refractivity contribution in [1.29, 1.82) is 0 Å². The molecule has 1 unspecified atom stereocenters. The van der Waals surface area contributed by atoms with E-state index < -0.39 is 0 Å². The van der Waals surface area contributed by atoms with E-state index >= 15 is 0 Å². The molecule has 0 spiro atoms. The average Bonchev–Trinajstić information content (AvgIpc) is 2.64. The number of guanidine groups is 1. The molecule has 0 saturated carbocycles. The molecule has 1 fully saturated rings. The quantitative estimate of drug-likeness (QED) is 0.250. The summed E-state index contributed by atoms with van der Waals surface area (Å²) in [5.74, 6) is 3.95. The second kappa shape index (κ2) is 13.5. The third-order valence-electron chi connectivity index (χ3n) is 4.29. The topological polar surface area (TPSA) is 52.6 Å². The van der Waals surface area contributed by atoms with Crippen LogP contribution in [-0.4, -0.2) is 59.6 Å². The molecular formula is C19H34IN5S. The van der Waals surface area contributed by atoms with Crippen LogP contribution in [0.1, 0.15) is 33.6 Å². The maximum Gasteiger partial charge on any atom is 0.193 e. The van der Waals surface area contributed by atoms with Crippen LogP contribution in [0.25, 0.3) is 0 Å². The lowest BCUT2D eigenvalue weighted by Crippen LogP contribution is -2.49. The zero-order valence-corrected chi connectivity index (χ0v) is 19.4. The van der Waals surface area contributed by atoms with Crippen molar-refractivity contribution in [3.05, 3.63) is 24.4 Å². The summed E-state index contributed by atoms with van der Waals surface area (Å²) >= 11 is 2.10. The van der Waals surface area contributed by atoms with Crippen LogP contribution in [0.4, 0.5) is 5.82 Å². The highest BCUT2D eigenvalue weighted by Gasteiger charge is 2.24. The predicted molar refractivity (Wildman–Crippen MR) is 126 cm³/mol. The largest absolute Gasteiger partial charge is 0.370 e. The van der Waals surface area contributed by atoms with Gasteiger partial charge in [-0.3, -0.25) is 4.99 Å². The van der Waals surface area contributed by atoms with Gasteiger partial charge in [0.25, 0.3) is 0 Å². The number of aromatic nitrogens is 1. The van der Waals surface area contributed by atoms with Crippen LogP contribution in [0, 0.1) is 5.92 Å². The van der Waals surface area contributed by atoms with Gasteiger partial charge >= 0.3 is 0 Å². The highest BCUT2D eigenvalue weighted by Crippen LogP contribution is 2.24. The average molecular weight is 491 g/mol. The van der Waals surface area contributed by atoms with Gasteiger partial charge in [-0.15, -0.1) is 24.0 Å². The van der Waals surface area contributed by atoms with Crippen molar-refractivity contribution in [2.45, 2.75) is 38.9 Å². The maximum absolute atomic E-state index is 4.85. The third-order valence-corrected chi connectivity index (χ3v) is 5.83. The van der Waals surface area contributed by atoms with Gasteiger partial charge in [-0.05, 0) is 37.8 Å². The summed E-state index contributed by atoms with van der Waals surface area (Å²) in [4.78, 5) is 11.6. The van der Waals surface area contributed by atoms with Crippen molar-refractivity contribution >= 4 is 47.5 Å². The van der Waals surface area contributed by atoms with Crippen LogP contribution < -0.4 is 10.6 Å². The van der Waals surface area contributed by atoms with Crippen molar-refractivity contribution in [1.82, 2.24) is 15.2 Å². The zero-order chi connectivity index (χ0) is 17.9. The van der Waals surface area contributed by atoms with Crippen LogP contribution in [0.3, 0.4) is 0 Å². The van der Waals surface area contributed by atoms with Gasteiger partial charge in [0, 0.05) is 49.9 Å². The van der Waals surface area contributed by atoms with Crippen LogP contribution in [0.15, 0.2) is 29.4 Å². The molecule has 148 valence electrons. The molecule has 2 heterocycles. The summed E-state index contributed by atoms with van der Waals surface area (Å²) in [6, 6.07) is 5.94. The Morgan fingerprint density at radius 3 is 2.92 bits per heavy atom. The summed E-state index contributed by atoms with van der Waals surface area (Å²) in [6.07, 6.45) is 4.01. The Labute approximate surface area is 180 Å². The first-order valence-electron chi connectivity index (χ1n) is 9.50. The second-order valence-corrected chi connectivity index (χ2v) is 8.03. The molecule has 7 heteroatoms. The molecule has 0 radical (unpaired) electrons. The van der Waals surface area contributed by atoms with E-state index in [2.05, 4.69) is 53.1 Å². The van der Waals surface area contributed by atoms with Crippen molar-refractivity contribution in [3.8, 4) is 0 Å². The van der Waals surface area contributed by atoms with Gasteiger partial charge in [0.1, 0.15) is 5.82 Å². The van der Waals surface area contributed by atoms with Gasteiger partial charge in [-0.1, -0.05) is 19.9 Å². The van der Waals surface area contributed by atoms with E-state index in [1.165, 1.54) is 5.75 Å². The molecule has 1 aliphatic heterocycles. The standard InChI is InChI=1S/C19H33N5S.HI/c1-4-20-19(24-13-14-25-17(15-24)16(2)3)23-12-8-7-11-22-18-9-5-6-10-21-18;/h5-6,9-10,16-17H,4,7-8,11-15H2,1-3H3,(H,20,23)(H,21,22);1H. The van der Waals surface area contributed by atoms with Gasteiger partial charge in [0.15, 0.2) is 5.96 Å². The molecule has 1 atom stereocenters. The fraction of sp³-hybridized carbons (Fsp3) is 0.684. The van der Waals surface area contributed by atoms with Crippen LogP contribution in [-0.2, 0) is 0 Å². The normalized spacial score (nSPS) is 17.8. The van der Waals surface area contributed by atoms with Crippen LogP contribution in [0.2, 0.25) is 0 Å². The minimum atomic E-state index is 0. The lowest BCUT2D eigenvalue weighted by Gasteiger charge is -2.36. The van der Waals surface area contributed by atoms with Gasteiger partial charge in [-0.2, -0.15) is 11.8 Å². The van der Waals surface area contributed by atoms with E-state index in [0.29, 0.717) is 11.2 Å². The molecule has 2 rings (SSSR count). The number of aliphatic imine (C=N–C) groups is 1. The Balaban J connectivity index is 0.00000338. The molecular weight excluding hydrogens is 457 g/mol. The van der Waals surface area contributed by atoms with Crippen LogP contribution >= 0.6 is 35.7 Å². The van der Waals surface area contributed by atoms with Gasteiger partial charge < -0.3 is 15.5 Å². The highest BCUT2D eigenvalue weighted by molar-refractivity contribution is 14.0. The van der Waals surface area contributed by atoms with E-state index in [4.69, 9.17) is 4.99 Å². The third kappa shape index (κ3) is 8.33. The fourth-order valence-corrected chi connectivity index (χ4v) is 4.10. The Bertz CT molecular complexity index is 512. The first kappa shape index (κ1) is 23.3. The molecule has 2 N–H and O–H groups in total. The van der Waals surface area contributed by atoms with Gasteiger partial charge in [0.2, 0.25) is 0 Å². The van der Waals surface area contributed by atoms with Crippen molar-refractivity contribution in [3.63, 3.8) is 0 Å². The molecule has 5 nitrogen and oxygen atoms in total. The summed E-state index contributed by atoms with van der Waals surface area (Å²) in [5.41, 5.74) is 0. The Morgan fingerprint density at radius 2 is 2.23 bits per heavy atom. The number of halogens is 1. The Morgan fingerprint density at radius 1 is 1.38 bits per heavy atom. The minimum Gasteiger partial charge on any atom is -0.370 e. The van der Waals surface area contributed by atoms with E-state index in [0.717, 1.165) is 57.3 Å². The monoisotopic (exact) mass is 491 g/mol. The second-order valence-electron chi connectivity index (χ2n) is 6.68. The number of hydrogen-bond donors (Lipinski definition) is 2. The van der Waals surface area contributed by atoms with E-state index in [-0.39, 0.29) is 24.0 Å². The maximum atomic E-state index is 4.85. The van der Waals surface area contributed by atoms with Gasteiger partial charge in [-0.25, -0.2) is 4.98 Å². The van der Waals surface area contributed by atoms with Crippen LogP contribution in [0.5, 0.6) is 0 Å². The predicted octanol–water partition coefficient (Wildman–Crippen LogP) is 3.93. The van der Waals surface area contributed by atoms with Crippen molar-refractivity contribution in [2.75, 3.05) is 43.8 Å². The minimum absolute atomic E-state index is 0. The zero-order valence-electron chi connectivity index (χ0n) is 16.3. The number of hydrogen-bond acceptors (Lipinski definition) is 4. The number of nitrogens with zero attached hydrogens (tertiary/aromatic N) is 3. The number of rotatable bonds is 8. The molecule has 1 aromatic rings. The number of nitrogens with one attached hydrogen (secondary N) is 2. The summed E-state index contributed by atoms with van der Waals surface area (Å²) < 4.78 is 0. The van der Waals surface area contributed by atoms with E-state index in [1.807, 2.05) is 24.4 Å². The lowest BCUT2D eigenvalue weighted by atomic mass is 10.1. The summed E-state index contributed by atoms with van der Waals surface area (Å²) in [5, 5.41) is 7.53. The molecule has 0 bridgehead atoms.